The molecule has 29 heavy (non-hydrogen) atoms. The van der Waals surface area contributed by atoms with E-state index in [-0.39, 0.29) is 23.7 Å². The van der Waals surface area contributed by atoms with Crippen molar-refractivity contribution in [3.63, 3.8) is 0 Å². The second-order valence-corrected chi connectivity index (χ2v) is 9.60. The molecule has 2 heterocycles. The van der Waals surface area contributed by atoms with Crippen LogP contribution in [0.25, 0.3) is 0 Å². The summed E-state index contributed by atoms with van der Waals surface area (Å²) < 4.78 is 27.4. The van der Waals surface area contributed by atoms with Crippen LogP contribution in [-0.2, 0) is 14.8 Å². The number of hydrogen-bond donors (Lipinski definition) is 1. The van der Waals surface area contributed by atoms with Gasteiger partial charge in [-0.15, -0.1) is 4.40 Å². The third-order valence-electron chi connectivity index (χ3n) is 4.28. The van der Waals surface area contributed by atoms with Crippen LogP contribution in [0.4, 0.5) is 5.69 Å². The lowest BCUT2D eigenvalue weighted by Crippen LogP contribution is -2.40. The van der Waals surface area contributed by atoms with E-state index in [1.54, 1.807) is 35.4 Å². The van der Waals surface area contributed by atoms with E-state index >= 15 is 0 Å². The van der Waals surface area contributed by atoms with E-state index in [1.807, 2.05) is 36.4 Å². The predicted molar refractivity (Wildman–Crippen MR) is 116 cm³/mol. The molecule has 2 aromatic carbocycles. The number of allylic oxidation sites excluding steroid dienone is 2. The molecule has 0 fully saturated rings. The summed E-state index contributed by atoms with van der Waals surface area (Å²) in [5.41, 5.74) is 0.810. The lowest BCUT2D eigenvalue weighted by Gasteiger charge is -2.28. The number of sulfonamides is 1. The fourth-order valence-electron chi connectivity index (χ4n) is 2.85. The van der Waals surface area contributed by atoms with Gasteiger partial charge in [-0.05, 0) is 48.6 Å². The second-order valence-electron chi connectivity index (χ2n) is 6.33. The van der Waals surface area contributed by atoms with E-state index in [1.165, 1.54) is 11.8 Å². The number of halogens is 1. The van der Waals surface area contributed by atoms with Crippen molar-refractivity contribution in [1.82, 2.24) is 4.90 Å². The van der Waals surface area contributed by atoms with Crippen molar-refractivity contribution in [2.45, 2.75) is 9.79 Å². The van der Waals surface area contributed by atoms with Crippen LogP contribution in [0.5, 0.6) is 0 Å². The van der Waals surface area contributed by atoms with Crippen molar-refractivity contribution in [2.24, 2.45) is 4.40 Å². The molecule has 0 atom stereocenters. The normalized spacial score (nSPS) is 17.2. The largest absolute Gasteiger partial charge is 0.331 e. The first-order valence-corrected chi connectivity index (χ1v) is 11.5. The molecule has 0 unspecified atom stereocenters. The molecule has 0 spiro atoms. The number of carbonyl (C=O) groups excluding carboxylic acids is 1. The van der Waals surface area contributed by atoms with Gasteiger partial charge in [0, 0.05) is 28.2 Å². The first kappa shape index (κ1) is 19.8. The van der Waals surface area contributed by atoms with E-state index in [0.717, 1.165) is 9.79 Å². The fraction of sp³-hybridized carbons (Fsp3) is 0.100. The molecule has 0 saturated carbocycles. The van der Waals surface area contributed by atoms with E-state index in [4.69, 9.17) is 11.6 Å². The van der Waals surface area contributed by atoms with Gasteiger partial charge in [-0.1, -0.05) is 35.5 Å². The van der Waals surface area contributed by atoms with Crippen LogP contribution in [0.1, 0.15) is 0 Å². The quantitative estimate of drug-likeness (QED) is 0.771. The van der Waals surface area contributed by atoms with Crippen molar-refractivity contribution in [2.75, 3.05) is 17.6 Å². The number of carbonyl (C=O) groups is 1. The minimum atomic E-state index is -3.55. The van der Waals surface area contributed by atoms with Gasteiger partial charge in [0.2, 0.25) is 0 Å². The SMILES string of the molecule is O=C(Nc1ccc(Sc2ccccc2Cl)cc1)C1=CC=CN2CCS(=O)(=O)N=C12. The maximum atomic E-state index is 12.7. The number of fused-ring (bicyclic) bond motifs is 1. The molecule has 0 aliphatic carbocycles. The van der Waals surface area contributed by atoms with Crippen molar-refractivity contribution in [3.8, 4) is 0 Å². The van der Waals surface area contributed by atoms with Gasteiger partial charge in [0.15, 0.2) is 5.84 Å². The van der Waals surface area contributed by atoms with Gasteiger partial charge in [0.1, 0.15) is 0 Å². The number of amidine groups is 1. The van der Waals surface area contributed by atoms with Gasteiger partial charge in [-0.25, -0.2) is 8.42 Å². The Bertz CT molecular complexity index is 1160. The topological polar surface area (TPSA) is 78.8 Å². The van der Waals surface area contributed by atoms with E-state index in [9.17, 15) is 13.2 Å². The molecule has 0 radical (unpaired) electrons. The number of benzene rings is 2. The number of anilines is 1. The number of amides is 1. The Balaban J connectivity index is 1.49. The number of nitrogens with zero attached hydrogens (tertiary/aromatic N) is 2. The van der Waals surface area contributed by atoms with Crippen molar-refractivity contribution < 1.29 is 13.2 Å². The van der Waals surface area contributed by atoms with E-state index in [2.05, 4.69) is 9.71 Å². The van der Waals surface area contributed by atoms with Gasteiger partial charge in [-0.2, -0.15) is 0 Å². The van der Waals surface area contributed by atoms with Gasteiger partial charge < -0.3 is 10.2 Å². The van der Waals surface area contributed by atoms with Crippen LogP contribution >= 0.6 is 23.4 Å². The second kappa shape index (κ2) is 8.06. The third-order valence-corrected chi connectivity index (χ3v) is 6.95. The van der Waals surface area contributed by atoms with Gasteiger partial charge in [0.25, 0.3) is 15.9 Å². The first-order valence-electron chi connectivity index (χ1n) is 8.73. The molecule has 0 bridgehead atoms. The molecule has 9 heteroatoms. The lowest BCUT2D eigenvalue weighted by atomic mass is 10.1. The zero-order chi connectivity index (χ0) is 20.4. The molecule has 0 aromatic heterocycles. The molecule has 4 rings (SSSR count). The average molecular weight is 446 g/mol. The minimum Gasteiger partial charge on any atom is -0.331 e. The zero-order valence-corrected chi connectivity index (χ0v) is 17.5. The Kier molecular flexibility index (Phi) is 5.49. The highest BCUT2D eigenvalue weighted by atomic mass is 35.5. The number of nitrogens with one attached hydrogen (secondary N) is 1. The summed E-state index contributed by atoms with van der Waals surface area (Å²) in [5, 5.41) is 3.48. The lowest BCUT2D eigenvalue weighted by molar-refractivity contribution is -0.112. The smallest absolute Gasteiger partial charge is 0.259 e. The molecule has 2 aliphatic heterocycles. The highest BCUT2D eigenvalue weighted by Crippen LogP contribution is 2.33. The molecule has 2 aromatic rings. The predicted octanol–water partition coefficient (Wildman–Crippen LogP) is 3.93. The highest BCUT2D eigenvalue weighted by Gasteiger charge is 2.29. The summed E-state index contributed by atoms with van der Waals surface area (Å²) >= 11 is 7.72. The molecule has 1 N–H and O–H groups in total. The summed E-state index contributed by atoms with van der Waals surface area (Å²) in [7, 11) is -3.55. The first-order chi connectivity index (χ1) is 13.9. The molecule has 148 valence electrons. The maximum Gasteiger partial charge on any atom is 0.259 e. The molecular formula is C20H16ClN3O3S2. The Hall–Kier alpha value is -2.55. The average Bonchev–Trinajstić information content (AvgIpc) is 2.70. The molecule has 1 amide bonds. The van der Waals surface area contributed by atoms with Crippen LogP contribution in [0, 0.1) is 0 Å². The zero-order valence-electron chi connectivity index (χ0n) is 15.1. The van der Waals surface area contributed by atoms with Gasteiger partial charge >= 0.3 is 0 Å². The molecular weight excluding hydrogens is 430 g/mol. The van der Waals surface area contributed by atoms with Gasteiger partial charge in [-0.3, -0.25) is 4.79 Å². The molecule has 6 nitrogen and oxygen atoms in total. The summed E-state index contributed by atoms with van der Waals surface area (Å²) in [6.45, 7) is 0.274. The Morgan fingerprint density at radius 3 is 2.66 bits per heavy atom. The molecule has 2 aliphatic rings. The highest BCUT2D eigenvalue weighted by molar-refractivity contribution is 7.99. The van der Waals surface area contributed by atoms with Crippen LogP contribution in [0.15, 0.2) is 86.6 Å². The Labute approximate surface area is 178 Å². The monoisotopic (exact) mass is 445 g/mol. The molecule has 0 saturated heterocycles. The van der Waals surface area contributed by atoms with Crippen molar-refractivity contribution >= 4 is 50.8 Å². The number of hydrogen-bond acceptors (Lipinski definition) is 5. The minimum absolute atomic E-state index is 0.0691. The van der Waals surface area contributed by atoms with Crippen molar-refractivity contribution in [1.29, 1.82) is 0 Å². The standard InChI is InChI=1S/C20H16ClN3O3S2/c21-17-5-1-2-6-18(17)28-15-9-7-14(8-10-15)22-20(25)16-4-3-11-24-12-13-29(26,27)23-19(16)24/h1-11H,12-13H2,(H,22,25). The van der Waals surface area contributed by atoms with Crippen LogP contribution in [0.3, 0.4) is 0 Å². The number of rotatable bonds is 4. The maximum absolute atomic E-state index is 12.7. The van der Waals surface area contributed by atoms with Gasteiger partial charge in [0.05, 0.1) is 16.3 Å². The third kappa shape index (κ3) is 4.55. The Morgan fingerprint density at radius 1 is 1.14 bits per heavy atom. The van der Waals surface area contributed by atoms with Crippen LogP contribution < -0.4 is 5.32 Å². The van der Waals surface area contributed by atoms with E-state index in [0.29, 0.717) is 10.7 Å². The summed E-state index contributed by atoms with van der Waals surface area (Å²) in [5.74, 6) is -0.329. The summed E-state index contributed by atoms with van der Waals surface area (Å²) in [6.07, 6.45) is 4.98. The van der Waals surface area contributed by atoms with E-state index < -0.39 is 15.9 Å². The summed E-state index contributed by atoms with van der Waals surface area (Å²) in [6, 6.07) is 14.9. The Morgan fingerprint density at radius 2 is 1.90 bits per heavy atom. The van der Waals surface area contributed by atoms with Crippen LogP contribution in [-0.4, -0.2) is 37.4 Å². The summed E-state index contributed by atoms with van der Waals surface area (Å²) in [4.78, 5) is 16.3. The fourth-order valence-corrected chi connectivity index (χ4v) is 4.93. The van der Waals surface area contributed by atoms with Crippen LogP contribution in [0.2, 0.25) is 5.02 Å². The van der Waals surface area contributed by atoms with Crippen molar-refractivity contribution in [3.05, 3.63) is 77.5 Å².